The number of piperidine rings is 1. The molecule has 1 saturated heterocycles. The lowest BCUT2D eigenvalue weighted by atomic mass is 9.91. The van der Waals surface area contributed by atoms with Crippen LogP contribution >= 0.6 is 0 Å². The topological polar surface area (TPSA) is 72.3 Å². The molecule has 31 heavy (non-hydrogen) atoms. The van der Waals surface area contributed by atoms with E-state index in [0.717, 1.165) is 13.1 Å². The molecule has 0 aliphatic carbocycles. The van der Waals surface area contributed by atoms with Crippen LogP contribution in [0.25, 0.3) is 6.08 Å². The van der Waals surface area contributed by atoms with E-state index in [1.165, 1.54) is 17.4 Å². The van der Waals surface area contributed by atoms with Crippen LogP contribution in [-0.4, -0.2) is 33.1 Å². The Balaban J connectivity index is 1.67. The van der Waals surface area contributed by atoms with Crippen molar-refractivity contribution in [2.75, 3.05) is 27.3 Å². The van der Waals surface area contributed by atoms with Crippen molar-refractivity contribution in [3.05, 3.63) is 52.8 Å². The summed E-state index contributed by atoms with van der Waals surface area (Å²) in [5.74, 6) is 2.61. The Morgan fingerprint density at radius 3 is 2.55 bits per heavy atom. The standard InChI is InChI=1S/C25H29NO5/c1-15-10-16(2)13-26(12-15)14-19-20(27)9-8-18-23(28)22(31-25(18)19)11-17-6-5-7-21(29-3)24(17)30-4/h5-9,11,15-16,27H,10,12-14H2,1-4H3. The van der Waals surface area contributed by atoms with Gasteiger partial charge in [0, 0.05) is 23.0 Å². The number of likely N-dealkylation sites (tertiary alicyclic amines) is 1. The highest BCUT2D eigenvalue weighted by molar-refractivity contribution is 6.15. The largest absolute Gasteiger partial charge is 0.872 e. The molecule has 6 heteroatoms. The van der Waals surface area contributed by atoms with Gasteiger partial charge in [-0.3, -0.25) is 4.79 Å². The Morgan fingerprint density at radius 1 is 1.13 bits per heavy atom. The molecule has 0 radical (unpaired) electrons. The molecule has 0 saturated carbocycles. The van der Waals surface area contributed by atoms with Crippen molar-refractivity contribution in [3.8, 4) is 23.0 Å². The number of quaternary nitrogens is 1. The Labute approximate surface area is 183 Å². The summed E-state index contributed by atoms with van der Waals surface area (Å²) in [5.41, 5.74) is 1.70. The predicted molar refractivity (Wildman–Crippen MR) is 116 cm³/mol. The first-order valence-corrected chi connectivity index (χ1v) is 10.7. The number of rotatable bonds is 5. The summed E-state index contributed by atoms with van der Waals surface area (Å²) in [6, 6.07) is 8.50. The van der Waals surface area contributed by atoms with E-state index in [1.54, 1.807) is 32.4 Å². The van der Waals surface area contributed by atoms with Crippen LogP contribution in [0.1, 0.15) is 41.8 Å². The van der Waals surface area contributed by atoms with Crippen LogP contribution in [0.15, 0.2) is 36.1 Å². The summed E-state index contributed by atoms with van der Waals surface area (Å²) >= 11 is 0. The number of allylic oxidation sites excluding steroid dienone is 1. The van der Waals surface area contributed by atoms with Crippen molar-refractivity contribution in [1.29, 1.82) is 0 Å². The Kier molecular flexibility index (Phi) is 5.92. The molecule has 164 valence electrons. The highest BCUT2D eigenvalue weighted by Gasteiger charge is 2.33. The maximum absolute atomic E-state index is 13.0. The van der Waals surface area contributed by atoms with Crippen molar-refractivity contribution in [3.63, 3.8) is 0 Å². The number of Topliss-reactive ketones (excluding diaryl/α,β-unsaturated/α-hetero) is 1. The molecule has 1 N–H and O–H groups in total. The quantitative estimate of drug-likeness (QED) is 0.748. The second-order valence-electron chi connectivity index (χ2n) is 8.72. The zero-order valence-corrected chi connectivity index (χ0v) is 18.5. The smallest absolute Gasteiger partial charge is 0.231 e. The number of nitrogens with one attached hydrogen (secondary N) is 1. The summed E-state index contributed by atoms with van der Waals surface area (Å²) in [5, 5.41) is 12.7. The fraction of sp³-hybridized carbons (Fsp3) is 0.400. The van der Waals surface area contributed by atoms with E-state index in [9.17, 15) is 9.90 Å². The first-order chi connectivity index (χ1) is 14.9. The second kappa shape index (κ2) is 8.63. The third kappa shape index (κ3) is 4.12. The number of hydrogen-bond donors (Lipinski definition) is 1. The summed E-state index contributed by atoms with van der Waals surface area (Å²) in [7, 11) is 3.12. The van der Waals surface area contributed by atoms with Crippen molar-refractivity contribution >= 4 is 11.9 Å². The van der Waals surface area contributed by atoms with E-state index in [-0.39, 0.29) is 17.3 Å². The van der Waals surface area contributed by atoms with E-state index >= 15 is 0 Å². The van der Waals surface area contributed by atoms with Crippen LogP contribution in [0.4, 0.5) is 0 Å². The van der Waals surface area contributed by atoms with Gasteiger partial charge in [-0.1, -0.05) is 37.8 Å². The summed E-state index contributed by atoms with van der Waals surface area (Å²) in [6.07, 6.45) is 2.86. The molecular formula is C25H29NO5. The van der Waals surface area contributed by atoms with Gasteiger partial charge in [-0.25, -0.2) is 0 Å². The lowest BCUT2D eigenvalue weighted by Crippen LogP contribution is -3.13. The SMILES string of the molecule is COc1cccc(C=C2Oc3c(ccc([O-])c3C[NH+]3CC(C)CC(C)C3)C2=O)c1OC. The van der Waals surface area contributed by atoms with Crippen LogP contribution in [0.5, 0.6) is 23.0 Å². The zero-order chi connectivity index (χ0) is 22.1. The predicted octanol–water partition coefficient (Wildman–Crippen LogP) is 2.45. The molecule has 4 rings (SSSR count). The highest BCUT2D eigenvalue weighted by atomic mass is 16.5. The van der Waals surface area contributed by atoms with Gasteiger partial charge in [0.15, 0.2) is 17.3 Å². The fourth-order valence-electron chi connectivity index (χ4n) is 4.94. The van der Waals surface area contributed by atoms with Gasteiger partial charge in [-0.2, -0.15) is 0 Å². The van der Waals surface area contributed by atoms with Gasteiger partial charge in [0.2, 0.25) is 5.78 Å². The maximum atomic E-state index is 13.0. The number of hydrogen-bond acceptors (Lipinski definition) is 5. The molecule has 2 aromatic carbocycles. The number of para-hydroxylation sites is 1. The average molecular weight is 424 g/mol. The normalized spacial score (nSPS) is 24.1. The molecule has 1 fully saturated rings. The third-order valence-electron chi connectivity index (χ3n) is 6.12. The molecule has 2 unspecified atom stereocenters. The van der Waals surface area contributed by atoms with Gasteiger partial charge in [-0.05, 0) is 24.6 Å². The monoisotopic (exact) mass is 423 g/mol. The van der Waals surface area contributed by atoms with E-state index in [1.807, 2.05) is 12.1 Å². The maximum Gasteiger partial charge on any atom is 0.231 e. The van der Waals surface area contributed by atoms with Gasteiger partial charge in [0.1, 0.15) is 12.3 Å². The Bertz CT molecular complexity index is 1020. The summed E-state index contributed by atoms with van der Waals surface area (Å²) in [6.45, 7) is 7.12. The third-order valence-corrected chi connectivity index (χ3v) is 6.12. The zero-order valence-electron chi connectivity index (χ0n) is 18.5. The Hall–Kier alpha value is -2.99. The first-order valence-electron chi connectivity index (χ1n) is 10.7. The molecular weight excluding hydrogens is 394 g/mol. The molecule has 6 nitrogen and oxygen atoms in total. The molecule has 0 bridgehead atoms. The van der Waals surface area contributed by atoms with E-state index in [4.69, 9.17) is 14.2 Å². The van der Waals surface area contributed by atoms with Crippen molar-refractivity contribution in [2.24, 2.45) is 11.8 Å². The molecule has 0 spiro atoms. The number of carbonyl (C=O) groups excluding carboxylic acids is 1. The molecule has 0 aromatic heterocycles. The molecule has 0 amide bonds. The first kappa shape index (κ1) is 21.2. The van der Waals surface area contributed by atoms with Gasteiger partial charge >= 0.3 is 0 Å². The molecule has 2 aliphatic heterocycles. The lowest BCUT2D eigenvalue weighted by molar-refractivity contribution is -0.925. The van der Waals surface area contributed by atoms with E-state index in [0.29, 0.717) is 52.3 Å². The minimum Gasteiger partial charge on any atom is -0.872 e. The minimum absolute atomic E-state index is 0.0786. The Morgan fingerprint density at radius 2 is 1.87 bits per heavy atom. The number of ether oxygens (including phenoxy) is 3. The summed E-state index contributed by atoms with van der Waals surface area (Å²) in [4.78, 5) is 14.4. The van der Waals surface area contributed by atoms with Crippen LogP contribution in [0.2, 0.25) is 0 Å². The van der Waals surface area contributed by atoms with E-state index < -0.39 is 0 Å². The van der Waals surface area contributed by atoms with E-state index in [2.05, 4.69) is 13.8 Å². The summed E-state index contributed by atoms with van der Waals surface area (Å²) < 4.78 is 16.8. The van der Waals surface area contributed by atoms with Crippen molar-refractivity contribution < 1.29 is 29.0 Å². The number of benzene rings is 2. The number of carbonyl (C=O) groups is 1. The second-order valence-corrected chi connectivity index (χ2v) is 8.72. The number of fused-ring (bicyclic) bond motifs is 1. The number of ketones is 1. The molecule has 2 aromatic rings. The number of methoxy groups -OCH3 is 2. The van der Waals surface area contributed by atoms with Crippen LogP contribution < -0.4 is 24.2 Å². The van der Waals surface area contributed by atoms with Crippen molar-refractivity contribution in [1.82, 2.24) is 0 Å². The van der Waals surface area contributed by atoms with Crippen molar-refractivity contribution in [2.45, 2.75) is 26.8 Å². The lowest BCUT2D eigenvalue weighted by Gasteiger charge is -2.33. The minimum atomic E-state index is -0.225. The fourth-order valence-corrected chi connectivity index (χ4v) is 4.94. The van der Waals surface area contributed by atoms with Gasteiger partial charge in [0.25, 0.3) is 0 Å². The van der Waals surface area contributed by atoms with Crippen LogP contribution in [-0.2, 0) is 6.54 Å². The highest BCUT2D eigenvalue weighted by Crippen LogP contribution is 2.40. The average Bonchev–Trinajstić information content (AvgIpc) is 3.05. The molecule has 2 atom stereocenters. The molecule has 2 aliphatic rings. The van der Waals surface area contributed by atoms with Gasteiger partial charge < -0.3 is 24.2 Å². The van der Waals surface area contributed by atoms with Gasteiger partial charge in [-0.15, -0.1) is 0 Å². The molecule has 2 heterocycles. The van der Waals surface area contributed by atoms with Crippen LogP contribution in [0.3, 0.4) is 0 Å². The van der Waals surface area contributed by atoms with Gasteiger partial charge in [0.05, 0.1) is 32.9 Å². The van der Waals surface area contributed by atoms with Crippen LogP contribution in [0, 0.1) is 11.8 Å².